The number of nitrogens with one attached hydrogen (secondary N) is 1. The smallest absolute Gasteiger partial charge is 0.325 e. The maximum atomic E-state index is 12.2. The van der Waals surface area contributed by atoms with E-state index in [-0.39, 0.29) is 0 Å². The lowest BCUT2D eigenvalue weighted by atomic mass is 10.0. The molecule has 182 valence electrons. The van der Waals surface area contributed by atoms with Crippen LogP contribution in [0.15, 0.2) is 96.9 Å². The Bertz CT molecular complexity index is 1330. The summed E-state index contributed by atoms with van der Waals surface area (Å²) in [5.41, 5.74) is 5.74. The van der Waals surface area contributed by atoms with E-state index in [4.69, 9.17) is 10.1 Å². The Balaban J connectivity index is 1.45. The molecule has 1 atom stereocenters. The van der Waals surface area contributed by atoms with Crippen molar-refractivity contribution in [3.05, 3.63) is 108 Å². The first-order chi connectivity index (χ1) is 17.4. The van der Waals surface area contributed by atoms with Crippen LogP contribution in [0.4, 0.5) is 5.13 Å². The molecule has 6 nitrogen and oxygen atoms in total. The fraction of sp³-hybridized carbons (Fsp3) is 0.138. The van der Waals surface area contributed by atoms with Crippen LogP contribution < -0.4 is 10.2 Å². The van der Waals surface area contributed by atoms with Crippen LogP contribution in [0.2, 0.25) is 0 Å². The molecule has 1 amide bonds. The Morgan fingerprint density at radius 2 is 1.64 bits per heavy atom. The Kier molecular flexibility index (Phi) is 7.92. The normalized spacial score (nSPS) is 11.5. The lowest BCUT2D eigenvalue weighted by molar-refractivity contribution is -0.138. The summed E-state index contributed by atoms with van der Waals surface area (Å²) in [5.74, 6) is -1.49. The second-order valence-electron chi connectivity index (χ2n) is 8.36. The van der Waals surface area contributed by atoms with Gasteiger partial charge in [0.25, 0.3) is 5.91 Å². The monoisotopic (exact) mass is 497 g/mol. The molecule has 7 heteroatoms. The van der Waals surface area contributed by atoms with E-state index in [0.717, 1.165) is 27.5 Å². The number of nitrogens with zero attached hydrogens (tertiary/aromatic N) is 2. The van der Waals surface area contributed by atoms with Crippen molar-refractivity contribution in [2.24, 2.45) is 0 Å². The van der Waals surface area contributed by atoms with Gasteiger partial charge < -0.3 is 15.3 Å². The molecule has 0 saturated heterocycles. The molecule has 0 aliphatic carbocycles. The van der Waals surface area contributed by atoms with E-state index in [0.29, 0.717) is 18.7 Å². The van der Waals surface area contributed by atoms with E-state index in [1.54, 1.807) is 23.5 Å². The molecule has 3 aromatic carbocycles. The summed E-state index contributed by atoms with van der Waals surface area (Å²) in [6.07, 6.45) is 1.84. The quantitative estimate of drug-likeness (QED) is 0.268. The number of carboxylic acids is 1. The van der Waals surface area contributed by atoms with Gasteiger partial charge in [-0.25, -0.2) is 4.98 Å². The Hall–Kier alpha value is -4.23. The third-order valence-electron chi connectivity index (χ3n) is 5.71. The van der Waals surface area contributed by atoms with Gasteiger partial charge in [0, 0.05) is 29.6 Å². The molecule has 0 radical (unpaired) electrons. The number of carboxylic acid groups (broad SMARTS) is 1. The second-order valence-corrected chi connectivity index (χ2v) is 9.19. The molecule has 0 aliphatic rings. The van der Waals surface area contributed by atoms with Crippen LogP contribution in [0.25, 0.3) is 22.4 Å². The first kappa shape index (κ1) is 24.9. The third kappa shape index (κ3) is 6.06. The largest absolute Gasteiger partial charge is 0.480 e. The maximum Gasteiger partial charge on any atom is 0.325 e. The molecular weight excluding hydrogens is 470 g/mol. The van der Waals surface area contributed by atoms with E-state index in [1.165, 1.54) is 12.5 Å². The predicted octanol–water partition coefficient (Wildman–Crippen LogP) is 5.87. The van der Waals surface area contributed by atoms with Crippen LogP contribution in [0, 0.1) is 0 Å². The van der Waals surface area contributed by atoms with Gasteiger partial charge in [0.2, 0.25) is 0 Å². The predicted molar refractivity (Wildman–Crippen MR) is 145 cm³/mol. The highest BCUT2D eigenvalue weighted by molar-refractivity contribution is 7.14. The Labute approximate surface area is 214 Å². The van der Waals surface area contributed by atoms with Crippen LogP contribution in [0.1, 0.15) is 22.8 Å². The number of hydrogen-bond acceptors (Lipinski definition) is 5. The van der Waals surface area contributed by atoms with Crippen molar-refractivity contribution in [1.82, 2.24) is 10.3 Å². The number of hydrogen-bond donors (Lipinski definition) is 2. The molecule has 4 rings (SSSR count). The zero-order valence-corrected chi connectivity index (χ0v) is 20.7. The van der Waals surface area contributed by atoms with Crippen molar-refractivity contribution in [2.45, 2.75) is 19.5 Å². The molecule has 1 unspecified atom stereocenters. The van der Waals surface area contributed by atoms with Crippen LogP contribution in [-0.4, -0.2) is 34.6 Å². The number of anilines is 1. The third-order valence-corrected chi connectivity index (χ3v) is 6.61. The summed E-state index contributed by atoms with van der Waals surface area (Å²) < 4.78 is 0. The minimum Gasteiger partial charge on any atom is -0.480 e. The van der Waals surface area contributed by atoms with E-state index >= 15 is 0 Å². The van der Waals surface area contributed by atoms with E-state index < -0.39 is 17.9 Å². The fourth-order valence-electron chi connectivity index (χ4n) is 3.70. The second kappa shape index (κ2) is 11.5. The number of carbonyl (C=O) groups excluding carboxylic acids is 1. The molecule has 2 N–H and O–H groups in total. The molecule has 0 aliphatic heterocycles. The molecule has 0 spiro atoms. The van der Waals surface area contributed by atoms with Gasteiger partial charge in [-0.1, -0.05) is 72.8 Å². The number of benzene rings is 3. The topological polar surface area (TPSA) is 82.5 Å². The van der Waals surface area contributed by atoms with E-state index in [1.807, 2.05) is 36.4 Å². The molecule has 1 aromatic heterocycles. The van der Waals surface area contributed by atoms with Crippen LogP contribution in [0.3, 0.4) is 0 Å². The number of thiazole rings is 1. The number of rotatable bonds is 10. The highest BCUT2D eigenvalue weighted by Gasteiger charge is 2.16. The van der Waals surface area contributed by atoms with Crippen LogP contribution >= 0.6 is 11.3 Å². The summed E-state index contributed by atoms with van der Waals surface area (Å²) in [6.45, 7) is 6.54. The zero-order chi connectivity index (χ0) is 25.5. The summed E-state index contributed by atoms with van der Waals surface area (Å²) in [4.78, 5) is 30.2. The average Bonchev–Trinajstić information content (AvgIpc) is 3.40. The fourth-order valence-corrected chi connectivity index (χ4v) is 4.54. The van der Waals surface area contributed by atoms with Gasteiger partial charge >= 0.3 is 5.97 Å². The SMILES string of the molecule is C=CCN(Cc1ccc(C(=O)NC(C)C(=O)O)cc1)c1nc(-c2ccc(-c3ccccc3)cc2)cs1. The first-order valence-corrected chi connectivity index (χ1v) is 12.4. The van der Waals surface area contributed by atoms with Gasteiger partial charge in [-0.05, 0) is 35.7 Å². The van der Waals surface area contributed by atoms with Crippen molar-refractivity contribution >= 4 is 28.3 Å². The van der Waals surface area contributed by atoms with Gasteiger partial charge in [-0.3, -0.25) is 9.59 Å². The minimum absolute atomic E-state index is 0.414. The summed E-state index contributed by atoms with van der Waals surface area (Å²) in [5, 5.41) is 14.4. The van der Waals surface area contributed by atoms with Crippen molar-refractivity contribution < 1.29 is 14.7 Å². The number of aliphatic carboxylic acids is 1. The van der Waals surface area contributed by atoms with Gasteiger partial charge in [0.1, 0.15) is 6.04 Å². The first-order valence-electron chi connectivity index (χ1n) is 11.5. The molecule has 0 saturated carbocycles. The maximum absolute atomic E-state index is 12.2. The van der Waals surface area contributed by atoms with Crippen molar-refractivity contribution in [2.75, 3.05) is 11.4 Å². The van der Waals surface area contributed by atoms with Crippen molar-refractivity contribution in [3.8, 4) is 22.4 Å². The van der Waals surface area contributed by atoms with Crippen molar-refractivity contribution in [1.29, 1.82) is 0 Å². The Morgan fingerprint density at radius 1 is 1.00 bits per heavy atom. The van der Waals surface area contributed by atoms with Gasteiger partial charge in [-0.15, -0.1) is 17.9 Å². The van der Waals surface area contributed by atoms with Crippen LogP contribution in [-0.2, 0) is 11.3 Å². The number of amides is 1. The lowest BCUT2D eigenvalue weighted by Gasteiger charge is -2.20. The molecule has 1 heterocycles. The highest BCUT2D eigenvalue weighted by Crippen LogP contribution is 2.30. The van der Waals surface area contributed by atoms with Gasteiger partial charge in [0.15, 0.2) is 5.13 Å². The van der Waals surface area contributed by atoms with Gasteiger partial charge in [-0.2, -0.15) is 0 Å². The molecule has 0 bridgehead atoms. The van der Waals surface area contributed by atoms with Gasteiger partial charge in [0.05, 0.1) is 5.69 Å². The number of carbonyl (C=O) groups is 2. The highest BCUT2D eigenvalue weighted by atomic mass is 32.1. The summed E-state index contributed by atoms with van der Waals surface area (Å²) in [6, 6.07) is 24.9. The standard InChI is InChI=1S/C29H27N3O3S/c1-3-17-32(18-21-9-11-25(12-10-21)27(33)30-20(2)28(34)35)29-31-26(19-36-29)24-15-13-23(14-16-24)22-7-5-4-6-8-22/h3-16,19-20H,1,17-18H2,2H3,(H,30,33)(H,34,35). The average molecular weight is 498 g/mol. The molecule has 4 aromatic rings. The Morgan fingerprint density at radius 3 is 2.28 bits per heavy atom. The molecular formula is C29H27N3O3S. The summed E-state index contributed by atoms with van der Waals surface area (Å²) in [7, 11) is 0. The van der Waals surface area contributed by atoms with Crippen LogP contribution in [0.5, 0.6) is 0 Å². The van der Waals surface area contributed by atoms with E-state index in [9.17, 15) is 9.59 Å². The van der Waals surface area contributed by atoms with Crippen molar-refractivity contribution in [3.63, 3.8) is 0 Å². The van der Waals surface area contributed by atoms with E-state index in [2.05, 4.69) is 58.6 Å². The molecule has 0 fully saturated rings. The number of aromatic nitrogens is 1. The lowest BCUT2D eigenvalue weighted by Crippen LogP contribution is -2.38. The zero-order valence-electron chi connectivity index (χ0n) is 19.9. The molecule has 36 heavy (non-hydrogen) atoms. The summed E-state index contributed by atoms with van der Waals surface area (Å²) >= 11 is 1.58. The minimum atomic E-state index is -1.07.